The molecule has 1 heterocycles. The van der Waals surface area contributed by atoms with Gasteiger partial charge in [0.2, 0.25) is 5.91 Å². The molecular formula is C18H19F3N2O2. The average Bonchev–Trinajstić information content (AvgIpc) is 2.55. The molecule has 0 bridgehead atoms. The summed E-state index contributed by atoms with van der Waals surface area (Å²) in [7, 11) is 0. The van der Waals surface area contributed by atoms with Gasteiger partial charge in [0.1, 0.15) is 6.54 Å². The van der Waals surface area contributed by atoms with E-state index in [2.05, 4.69) is 5.32 Å². The van der Waals surface area contributed by atoms with Crippen LogP contribution in [-0.4, -0.2) is 10.5 Å². The standard InChI is InChI=1S/C18H19F3N2O2/c1-3-13-4-6-14(7-5-13)12(2)22-16(24)11-23-10-15(18(19,20)21)8-9-17(23)25/h4-10,12H,3,11H2,1-2H3,(H,22,24). The van der Waals surface area contributed by atoms with Gasteiger partial charge in [0, 0.05) is 12.3 Å². The summed E-state index contributed by atoms with van der Waals surface area (Å²) in [5, 5.41) is 2.69. The van der Waals surface area contributed by atoms with Gasteiger partial charge in [-0.1, -0.05) is 31.2 Å². The Bertz CT molecular complexity index is 795. The molecule has 0 saturated heterocycles. The molecule has 0 aliphatic rings. The number of nitrogens with one attached hydrogen (secondary N) is 1. The van der Waals surface area contributed by atoms with E-state index in [1.165, 1.54) is 0 Å². The maximum absolute atomic E-state index is 12.7. The van der Waals surface area contributed by atoms with Crippen LogP contribution < -0.4 is 10.9 Å². The fourth-order valence-corrected chi connectivity index (χ4v) is 2.39. The zero-order valence-electron chi connectivity index (χ0n) is 13.9. The van der Waals surface area contributed by atoms with E-state index >= 15 is 0 Å². The number of aromatic nitrogens is 1. The fourth-order valence-electron chi connectivity index (χ4n) is 2.39. The second-order valence-electron chi connectivity index (χ2n) is 5.77. The van der Waals surface area contributed by atoms with Crippen molar-refractivity contribution in [3.63, 3.8) is 0 Å². The Labute approximate surface area is 143 Å². The van der Waals surface area contributed by atoms with E-state index in [1.807, 2.05) is 31.2 Å². The molecule has 0 fully saturated rings. The quantitative estimate of drug-likeness (QED) is 0.898. The molecule has 25 heavy (non-hydrogen) atoms. The number of pyridine rings is 1. The molecule has 0 radical (unpaired) electrons. The zero-order valence-corrected chi connectivity index (χ0v) is 13.9. The van der Waals surface area contributed by atoms with Gasteiger partial charge < -0.3 is 9.88 Å². The summed E-state index contributed by atoms with van der Waals surface area (Å²) in [6, 6.07) is 8.88. The number of aryl methyl sites for hydroxylation is 1. The van der Waals surface area contributed by atoms with Crippen molar-refractivity contribution in [2.24, 2.45) is 0 Å². The van der Waals surface area contributed by atoms with Gasteiger partial charge in [-0.15, -0.1) is 0 Å². The summed E-state index contributed by atoms with van der Waals surface area (Å²) >= 11 is 0. The van der Waals surface area contributed by atoms with Crippen LogP contribution in [0.5, 0.6) is 0 Å². The number of nitrogens with zero attached hydrogens (tertiary/aromatic N) is 1. The second-order valence-corrected chi connectivity index (χ2v) is 5.77. The first-order chi connectivity index (χ1) is 11.7. The molecular weight excluding hydrogens is 333 g/mol. The van der Waals surface area contributed by atoms with Crippen LogP contribution in [0.15, 0.2) is 47.4 Å². The number of benzene rings is 1. The Morgan fingerprint density at radius 1 is 1.16 bits per heavy atom. The van der Waals surface area contributed by atoms with E-state index < -0.39 is 29.8 Å². The smallest absolute Gasteiger partial charge is 0.348 e. The number of hydrogen-bond donors (Lipinski definition) is 1. The molecule has 7 heteroatoms. The highest BCUT2D eigenvalue weighted by Gasteiger charge is 2.31. The van der Waals surface area contributed by atoms with Gasteiger partial charge in [-0.05, 0) is 30.5 Å². The van der Waals surface area contributed by atoms with Crippen molar-refractivity contribution in [3.05, 3.63) is 69.6 Å². The lowest BCUT2D eigenvalue weighted by molar-refractivity contribution is -0.138. The van der Waals surface area contributed by atoms with Crippen LogP contribution in [0, 0.1) is 0 Å². The highest BCUT2D eigenvalue weighted by atomic mass is 19.4. The number of carbonyl (C=O) groups is 1. The number of rotatable bonds is 5. The van der Waals surface area contributed by atoms with Crippen molar-refractivity contribution >= 4 is 5.91 Å². The van der Waals surface area contributed by atoms with Crippen LogP contribution in [0.25, 0.3) is 0 Å². The predicted octanol–water partition coefficient (Wildman–Crippen LogP) is 3.31. The van der Waals surface area contributed by atoms with Gasteiger partial charge in [-0.2, -0.15) is 13.2 Å². The third-order valence-electron chi connectivity index (χ3n) is 3.89. The molecule has 1 aromatic carbocycles. The largest absolute Gasteiger partial charge is 0.417 e. The molecule has 1 atom stereocenters. The van der Waals surface area contributed by atoms with E-state index in [4.69, 9.17) is 0 Å². The minimum absolute atomic E-state index is 0.320. The first kappa shape index (κ1) is 18.8. The number of halogens is 3. The van der Waals surface area contributed by atoms with Crippen LogP contribution in [0.3, 0.4) is 0 Å². The molecule has 1 unspecified atom stereocenters. The van der Waals surface area contributed by atoms with E-state index in [9.17, 15) is 22.8 Å². The number of alkyl halides is 3. The lowest BCUT2D eigenvalue weighted by atomic mass is 10.1. The minimum Gasteiger partial charge on any atom is -0.348 e. The molecule has 1 aromatic heterocycles. The number of amides is 1. The van der Waals surface area contributed by atoms with Crippen molar-refractivity contribution in [1.29, 1.82) is 0 Å². The number of hydrogen-bond acceptors (Lipinski definition) is 2. The molecule has 1 N–H and O–H groups in total. The summed E-state index contributed by atoms with van der Waals surface area (Å²) in [4.78, 5) is 23.8. The molecule has 4 nitrogen and oxygen atoms in total. The lowest BCUT2D eigenvalue weighted by Gasteiger charge is -2.16. The normalized spacial score (nSPS) is 12.7. The average molecular weight is 352 g/mol. The molecule has 0 aliphatic heterocycles. The minimum atomic E-state index is -4.57. The van der Waals surface area contributed by atoms with Crippen LogP contribution in [0.1, 0.15) is 36.6 Å². The Morgan fingerprint density at radius 3 is 2.36 bits per heavy atom. The molecule has 2 aromatic rings. The molecule has 0 saturated carbocycles. The van der Waals surface area contributed by atoms with Crippen LogP contribution in [0.2, 0.25) is 0 Å². The van der Waals surface area contributed by atoms with Gasteiger partial charge in [0.05, 0.1) is 11.6 Å². The molecule has 2 rings (SSSR count). The summed E-state index contributed by atoms with van der Waals surface area (Å²) in [6.45, 7) is 3.33. The van der Waals surface area contributed by atoms with E-state index in [0.717, 1.165) is 28.2 Å². The third-order valence-corrected chi connectivity index (χ3v) is 3.89. The van der Waals surface area contributed by atoms with E-state index in [1.54, 1.807) is 6.92 Å². The van der Waals surface area contributed by atoms with Crippen LogP contribution in [-0.2, 0) is 23.9 Å². The molecule has 0 aliphatic carbocycles. The molecule has 1 amide bonds. The van der Waals surface area contributed by atoms with E-state index in [-0.39, 0.29) is 6.04 Å². The predicted molar refractivity (Wildman–Crippen MR) is 88.1 cm³/mol. The van der Waals surface area contributed by atoms with Gasteiger partial charge in [-0.25, -0.2) is 0 Å². The maximum atomic E-state index is 12.7. The van der Waals surface area contributed by atoms with Gasteiger partial charge >= 0.3 is 6.18 Å². The molecule has 134 valence electrons. The Hall–Kier alpha value is -2.57. The topological polar surface area (TPSA) is 51.1 Å². The van der Waals surface area contributed by atoms with Gasteiger partial charge in [-0.3, -0.25) is 9.59 Å². The first-order valence-corrected chi connectivity index (χ1v) is 7.86. The third kappa shape index (κ3) is 4.95. The maximum Gasteiger partial charge on any atom is 0.417 e. The fraction of sp³-hybridized carbons (Fsp3) is 0.333. The Balaban J connectivity index is 2.08. The Morgan fingerprint density at radius 2 is 1.80 bits per heavy atom. The van der Waals surface area contributed by atoms with Crippen molar-refractivity contribution in [2.75, 3.05) is 0 Å². The van der Waals surface area contributed by atoms with Crippen molar-refractivity contribution in [2.45, 2.75) is 39.0 Å². The van der Waals surface area contributed by atoms with Crippen LogP contribution >= 0.6 is 0 Å². The van der Waals surface area contributed by atoms with Gasteiger partial charge in [0.25, 0.3) is 5.56 Å². The van der Waals surface area contributed by atoms with Crippen molar-refractivity contribution < 1.29 is 18.0 Å². The highest BCUT2D eigenvalue weighted by Crippen LogP contribution is 2.28. The number of carbonyl (C=O) groups excluding carboxylic acids is 1. The second kappa shape index (κ2) is 7.55. The summed E-state index contributed by atoms with van der Waals surface area (Å²) in [5.74, 6) is -0.534. The van der Waals surface area contributed by atoms with Crippen molar-refractivity contribution in [1.82, 2.24) is 9.88 Å². The zero-order chi connectivity index (χ0) is 18.6. The lowest BCUT2D eigenvalue weighted by Crippen LogP contribution is -2.34. The highest BCUT2D eigenvalue weighted by molar-refractivity contribution is 5.76. The van der Waals surface area contributed by atoms with E-state index in [0.29, 0.717) is 12.3 Å². The van der Waals surface area contributed by atoms with Gasteiger partial charge in [0.15, 0.2) is 0 Å². The summed E-state index contributed by atoms with van der Waals surface area (Å²) < 4.78 is 38.9. The molecule has 0 spiro atoms. The first-order valence-electron chi connectivity index (χ1n) is 7.86. The monoisotopic (exact) mass is 352 g/mol. The Kier molecular flexibility index (Phi) is 5.66. The SMILES string of the molecule is CCc1ccc(C(C)NC(=O)Cn2cc(C(F)(F)F)ccc2=O)cc1. The van der Waals surface area contributed by atoms with Crippen molar-refractivity contribution in [3.8, 4) is 0 Å². The summed E-state index contributed by atoms with van der Waals surface area (Å²) in [5.41, 5.74) is 0.408. The summed E-state index contributed by atoms with van der Waals surface area (Å²) in [6.07, 6.45) is -3.01. The van der Waals surface area contributed by atoms with Crippen LogP contribution in [0.4, 0.5) is 13.2 Å².